The molecule has 0 saturated heterocycles. The van der Waals surface area contributed by atoms with Crippen LogP contribution < -0.4 is 11.3 Å². The highest BCUT2D eigenvalue weighted by atomic mass is 16.3. The SMILES string of the molecule is Nc1nc2c(ncn2CC(CCO)CCO)c(=O)[nH]1. The van der Waals surface area contributed by atoms with Crippen molar-refractivity contribution in [3.05, 3.63) is 16.7 Å². The van der Waals surface area contributed by atoms with Crippen LogP contribution in [0.4, 0.5) is 5.95 Å². The first kappa shape index (κ1) is 13.5. The van der Waals surface area contributed by atoms with Crippen molar-refractivity contribution in [2.24, 2.45) is 5.92 Å². The summed E-state index contributed by atoms with van der Waals surface area (Å²) in [5.41, 5.74) is 5.80. The van der Waals surface area contributed by atoms with Crippen molar-refractivity contribution in [1.29, 1.82) is 0 Å². The first-order chi connectivity index (χ1) is 9.15. The van der Waals surface area contributed by atoms with Crippen molar-refractivity contribution >= 4 is 17.1 Å². The van der Waals surface area contributed by atoms with Crippen LogP contribution in [0.3, 0.4) is 0 Å². The Kier molecular flexibility index (Phi) is 4.13. The molecule has 8 heteroatoms. The van der Waals surface area contributed by atoms with Gasteiger partial charge in [-0.25, -0.2) is 4.98 Å². The summed E-state index contributed by atoms with van der Waals surface area (Å²) in [7, 11) is 0. The average Bonchev–Trinajstić information content (AvgIpc) is 2.73. The van der Waals surface area contributed by atoms with E-state index in [-0.39, 0.29) is 36.2 Å². The summed E-state index contributed by atoms with van der Waals surface area (Å²) < 4.78 is 1.72. The van der Waals surface area contributed by atoms with E-state index in [4.69, 9.17) is 15.9 Å². The minimum atomic E-state index is -0.373. The normalized spacial score (nSPS) is 11.5. The lowest BCUT2D eigenvalue weighted by molar-refractivity contribution is 0.205. The van der Waals surface area contributed by atoms with Gasteiger partial charge in [0.05, 0.1) is 6.33 Å². The van der Waals surface area contributed by atoms with E-state index in [1.54, 1.807) is 4.57 Å². The lowest BCUT2D eigenvalue weighted by Gasteiger charge is -2.15. The summed E-state index contributed by atoms with van der Waals surface area (Å²) in [6, 6.07) is 0. The van der Waals surface area contributed by atoms with Gasteiger partial charge in [0, 0.05) is 19.8 Å². The van der Waals surface area contributed by atoms with E-state index < -0.39 is 0 Å². The zero-order valence-electron chi connectivity index (χ0n) is 10.4. The fourth-order valence-electron chi connectivity index (χ4n) is 2.07. The molecule has 104 valence electrons. The molecule has 0 radical (unpaired) electrons. The Labute approximate surface area is 108 Å². The summed E-state index contributed by atoms with van der Waals surface area (Å²) in [4.78, 5) is 22.1. The Morgan fingerprint density at radius 3 is 2.68 bits per heavy atom. The van der Waals surface area contributed by atoms with Crippen molar-refractivity contribution in [1.82, 2.24) is 19.5 Å². The van der Waals surface area contributed by atoms with Gasteiger partial charge in [-0.2, -0.15) is 4.98 Å². The number of aromatic amines is 1. The van der Waals surface area contributed by atoms with E-state index in [1.807, 2.05) is 0 Å². The lowest BCUT2D eigenvalue weighted by Crippen LogP contribution is -2.16. The van der Waals surface area contributed by atoms with E-state index in [1.165, 1.54) is 6.33 Å². The molecule has 0 bridgehead atoms. The fraction of sp³-hybridized carbons (Fsp3) is 0.545. The lowest BCUT2D eigenvalue weighted by atomic mass is 10.0. The third kappa shape index (κ3) is 2.91. The number of H-pyrrole nitrogens is 1. The number of aromatic nitrogens is 4. The summed E-state index contributed by atoms with van der Waals surface area (Å²) in [5, 5.41) is 18.0. The predicted molar refractivity (Wildman–Crippen MR) is 69.5 cm³/mol. The summed E-state index contributed by atoms with van der Waals surface area (Å²) >= 11 is 0. The summed E-state index contributed by atoms with van der Waals surface area (Å²) in [5.74, 6) is 0.134. The van der Waals surface area contributed by atoms with Gasteiger partial charge in [0.15, 0.2) is 11.2 Å². The van der Waals surface area contributed by atoms with Crippen molar-refractivity contribution in [3.63, 3.8) is 0 Å². The molecule has 0 unspecified atom stereocenters. The molecular formula is C11H17N5O3. The summed E-state index contributed by atoms with van der Waals surface area (Å²) in [6.07, 6.45) is 2.66. The number of imidazole rings is 1. The number of aliphatic hydroxyl groups is 2. The average molecular weight is 267 g/mol. The molecule has 2 rings (SSSR count). The second-order valence-electron chi connectivity index (χ2n) is 4.41. The van der Waals surface area contributed by atoms with E-state index in [0.717, 1.165) is 0 Å². The highest BCUT2D eigenvalue weighted by Crippen LogP contribution is 2.14. The van der Waals surface area contributed by atoms with Gasteiger partial charge >= 0.3 is 0 Å². The van der Waals surface area contributed by atoms with Gasteiger partial charge in [0.25, 0.3) is 5.56 Å². The van der Waals surface area contributed by atoms with Crippen LogP contribution in [0.15, 0.2) is 11.1 Å². The molecule has 8 nitrogen and oxygen atoms in total. The van der Waals surface area contributed by atoms with Crippen molar-refractivity contribution < 1.29 is 10.2 Å². The van der Waals surface area contributed by atoms with Crippen LogP contribution in [0.5, 0.6) is 0 Å². The molecule has 0 spiro atoms. The molecule has 0 fully saturated rings. The second kappa shape index (κ2) is 5.81. The molecule has 0 aromatic carbocycles. The summed E-state index contributed by atoms with van der Waals surface area (Å²) in [6.45, 7) is 0.619. The molecule has 0 aliphatic heterocycles. The minimum absolute atomic E-state index is 0.0418. The largest absolute Gasteiger partial charge is 0.396 e. The van der Waals surface area contributed by atoms with Crippen molar-refractivity contribution in [2.45, 2.75) is 19.4 Å². The molecule has 2 aromatic heterocycles. The topological polar surface area (TPSA) is 130 Å². The number of hydrogen-bond donors (Lipinski definition) is 4. The third-order valence-corrected chi connectivity index (χ3v) is 3.02. The Bertz CT molecular complexity index is 600. The second-order valence-corrected chi connectivity index (χ2v) is 4.41. The van der Waals surface area contributed by atoms with Crippen LogP contribution >= 0.6 is 0 Å². The molecular weight excluding hydrogens is 250 g/mol. The van der Waals surface area contributed by atoms with Crippen molar-refractivity contribution in [3.8, 4) is 0 Å². The molecule has 0 saturated carbocycles. The van der Waals surface area contributed by atoms with Crippen LogP contribution in [0.25, 0.3) is 11.2 Å². The number of anilines is 1. The Morgan fingerprint density at radius 2 is 2.05 bits per heavy atom. The van der Waals surface area contributed by atoms with Gasteiger partial charge in [0.2, 0.25) is 5.95 Å². The maximum Gasteiger partial charge on any atom is 0.280 e. The monoisotopic (exact) mass is 267 g/mol. The molecule has 0 aliphatic carbocycles. The number of nitrogens with one attached hydrogen (secondary N) is 1. The fourth-order valence-corrected chi connectivity index (χ4v) is 2.07. The number of nitrogen functional groups attached to an aromatic ring is 1. The van der Waals surface area contributed by atoms with Gasteiger partial charge in [-0.05, 0) is 18.8 Å². The maximum atomic E-state index is 11.6. The maximum absolute atomic E-state index is 11.6. The quantitative estimate of drug-likeness (QED) is 0.535. The molecule has 0 amide bonds. The molecule has 2 heterocycles. The van der Waals surface area contributed by atoms with Crippen LogP contribution in [-0.4, -0.2) is 42.9 Å². The standard InChI is InChI=1S/C11H17N5O3/c12-11-14-9-8(10(19)15-11)13-6-16(9)5-7(1-3-17)2-4-18/h6-7,17-18H,1-5H2,(H3,12,14,15,19). The Morgan fingerprint density at radius 1 is 1.37 bits per heavy atom. The van der Waals surface area contributed by atoms with Gasteiger partial charge in [-0.15, -0.1) is 0 Å². The first-order valence-corrected chi connectivity index (χ1v) is 6.08. The Balaban J connectivity index is 2.32. The van der Waals surface area contributed by atoms with Crippen LogP contribution in [0.1, 0.15) is 12.8 Å². The van der Waals surface area contributed by atoms with Crippen LogP contribution in [-0.2, 0) is 6.54 Å². The predicted octanol–water partition coefficient (Wildman–Crippen LogP) is -0.917. The van der Waals surface area contributed by atoms with Gasteiger partial charge < -0.3 is 20.5 Å². The van der Waals surface area contributed by atoms with Crippen molar-refractivity contribution in [2.75, 3.05) is 18.9 Å². The minimum Gasteiger partial charge on any atom is -0.396 e. The molecule has 5 N–H and O–H groups in total. The number of fused-ring (bicyclic) bond motifs is 1. The van der Waals surface area contributed by atoms with Gasteiger partial charge in [-0.1, -0.05) is 0 Å². The smallest absolute Gasteiger partial charge is 0.280 e. The number of rotatable bonds is 6. The van der Waals surface area contributed by atoms with Crippen LogP contribution in [0.2, 0.25) is 0 Å². The van der Waals surface area contributed by atoms with E-state index in [2.05, 4.69) is 15.0 Å². The molecule has 0 atom stereocenters. The zero-order valence-corrected chi connectivity index (χ0v) is 10.4. The highest BCUT2D eigenvalue weighted by molar-refractivity contribution is 5.70. The number of hydrogen-bond acceptors (Lipinski definition) is 6. The van der Waals surface area contributed by atoms with E-state index >= 15 is 0 Å². The number of nitrogens with zero attached hydrogens (tertiary/aromatic N) is 3. The number of aliphatic hydroxyl groups excluding tert-OH is 2. The molecule has 2 aromatic rings. The number of nitrogens with two attached hydrogens (primary N) is 1. The van der Waals surface area contributed by atoms with E-state index in [0.29, 0.717) is 25.0 Å². The highest BCUT2D eigenvalue weighted by Gasteiger charge is 2.13. The van der Waals surface area contributed by atoms with Gasteiger partial charge in [0.1, 0.15) is 0 Å². The van der Waals surface area contributed by atoms with Gasteiger partial charge in [-0.3, -0.25) is 9.78 Å². The zero-order chi connectivity index (χ0) is 13.8. The van der Waals surface area contributed by atoms with Crippen LogP contribution in [0, 0.1) is 5.92 Å². The Hall–Kier alpha value is -1.93. The molecule has 19 heavy (non-hydrogen) atoms. The first-order valence-electron chi connectivity index (χ1n) is 6.08. The van der Waals surface area contributed by atoms with E-state index in [9.17, 15) is 4.79 Å². The third-order valence-electron chi connectivity index (χ3n) is 3.02. The molecule has 0 aliphatic rings.